The van der Waals surface area contributed by atoms with Gasteiger partial charge in [0, 0.05) is 27.3 Å². The first kappa shape index (κ1) is 14.7. The smallest absolute Gasteiger partial charge is 0.256 e. The van der Waals surface area contributed by atoms with Crippen LogP contribution in [0.1, 0.15) is 10.4 Å². The number of rotatable bonds is 4. The maximum absolute atomic E-state index is 13.6. The number of nitrogen functional groups attached to an aromatic ring is 1. The summed E-state index contributed by atoms with van der Waals surface area (Å²) in [6.45, 7) is 0.794. The van der Waals surface area contributed by atoms with Gasteiger partial charge in [0.25, 0.3) is 5.91 Å². The van der Waals surface area contributed by atoms with E-state index in [0.29, 0.717) is 13.1 Å². The van der Waals surface area contributed by atoms with Gasteiger partial charge in [-0.15, -0.1) is 0 Å². The zero-order chi connectivity index (χ0) is 14.7. The van der Waals surface area contributed by atoms with Crippen molar-refractivity contribution in [2.75, 3.05) is 32.7 Å². The average molecular weight is 283 g/mol. The molecule has 2 rings (SSSR count). The number of ether oxygens (including phenoxy) is 2. The lowest BCUT2D eigenvalue weighted by molar-refractivity contribution is -0.00461. The molecule has 110 valence electrons. The molecule has 0 saturated carbocycles. The Balaban J connectivity index is 2.23. The summed E-state index contributed by atoms with van der Waals surface area (Å²) in [5.74, 6) is 4.41. The number of halogens is 1. The third-order valence-corrected chi connectivity index (χ3v) is 3.50. The second-order valence-corrected chi connectivity index (χ2v) is 4.57. The molecule has 0 aliphatic carbocycles. The molecular weight excluding hydrogens is 265 g/mol. The van der Waals surface area contributed by atoms with Crippen LogP contribution in [0.15, 0.2) is 18.2 Å². The summed E-state index contributed by atoms with van der Waals surface area (Å²) < 4.78 is 24.2. The monoisotopic (exact) mass is 283 g/mol. The molecule has 1 aliphatic rings. The summed E-state index contributed by atoms with van der Waals surface area (Å²) in [7, 11) is 3.14. The van der Waals surface area contributed by atoms with E-state index in [0.717, 1.165) is 0 Å². The minimum absolute atomic E-state index is 0.00710. The fourth-order valence-electron chi connectivity index (χ4n) is 2.38. The number of para-hydroxylation sites is 1. The van der Waals surface area contributed by atoms with E-state index in [1.807, 2.05) is 0 Å². The molecule has 7 heteroatoms. The fraction of sp³-hybridized carbons (Fsp3) is 0.462. The fourth-order valence-corrected chi connectivity index (χ4v) is 2.38. The van der Waals surface area contributed by atoms with E-state index in [1.54, 1.807) is 19.1 Å². The van der Waals surface area contributed by atoms with Crippen molar-refractivity contribution in [1.82, 2.24) is 4.90 Å². The Hall–Kier alpha value is -1.70. The molecule has 1 heterocycles. The second kappa shape index (κ2) is 6.17. The van der Waals surface area contributed by atoms with Gasteiger partial charge in [-0.1, -0.05) is 6.07 Å². The number of amides is 1. The summed E-state index contributed by atoms with van der Waals surface area (Å²) in [5, 5.41) is 0. The molecule has 2 unspecified atom stereocenters. The van der Waals surface area contributed by atoms with Gasteiger partial charge < -0.3 is 19.8 Å². The minimum atomic E-state index is -0.566. The van der Waals surface area contributed by atoms with Crippen LogP contribution >= 0.6 is 0 Å². The summed E-state index contributed by atoms with van der Waals surface area (Å²) in [5.41, 5.74) is 2.42. The topological polar surface area (TPSA) is 76.8 Å². The van der Waals surface area contributed by atoms with Gasteiger partial charge in [0.05, 0.1) is 11.3 Å². The van der Waals surface area contributed by atoms with Crippen LogP contribution in [-0.2, 0) is 9.47 Å². The number of carbonyl (C=O) groups is 1. The molecule has 1 aromatic carbocycles. The van der Waals surface area contributed by atoms with Crippen molar-refractivity contribution < 1.29 is 18.7 Å². The van der Waals surface area contributed by atoms with Crippen LogP contribution in [0.2, 0.25) is 0 Å². The van der Waals surface area contributed by atoms with Crippen LogP contribution in [0.25, 0.3) is 0 Å². The second-order valence-electron chi connectivity index (χ2n) is 4.57. The van der Waals surface area contributed by atoms with Gasteiger partial charge in [0.2, 0.25) is 0 Å². The molecule has 1 saturated heterocycles. The van der Waals surface area contributed by atoms with Gasteiger partial charge in [0.15, 0.2) is 0 Å². The molecule has 0 bridgehead atoms. The van der Waals surface area contributed by atoms with E-state index >= 15 is 0 Å². The summed E-state index contributed by atoms with van der Waals surface area (Å²) in [6, 6.07) is 4.25. The number of benzene rings is 1. The standard InChI is InChI=1S/C13H18FN3O3/c1-19-10-6-17(7-11(10)20-2)13(18)8-4-3-5-9(14)12(8)16-15/h3-5,10-11,16H,6-7,15H2,1-2H3. The average Bonchev–Trinajstić information content (AvgIpc) is 2.89. The Morgan fingerprint density at radius 3 is 2.45 bits per heavy atom. The number of hydrogen-bond acceptors (Lipinski definition) is 5. The Morgan fingerprint density at radius 2 is 1.95 bits per heavy atom. The Bertz CT molecular complexity index is 486. The first-order valence-corrected chi connectivity index (χ1v) is 6.22. The molecular formula is C13H18FN3O3. The zero-order valence-electron chi connectivity index (χ0n) is 11.4. The highest BCUT2D eigenvalue weighted by Crippen LogP contribution is 2.24. The number of nitrogens with two attached hydrogens (primary N) is 1. The van der Waals surface area contributed by atoms with Crippen molar-refractivity contribution in [3.63, 3.8) is 0 Å². The van der Waals surface area contributed by atoms with Gasteiger partial charge in [-0.2, -0.15) is 0 Å². The largest absolute Gasteiger partial charge is 0.377 e. The lowest BCUT2D eigenvalue weighted by atomic mass is 10.1. The minimum Gasteiger partial charge on any atom is -0.377 e. The van der Waals surface area contributed by atoms with Crippen LogP contribution in [0, 0.1) is 5.82 Å². The maximum atomic E-state index is 13.6. The predicted molar refractivity (Wildman–Crippen MR) is 71.7 cm³/mol. The maximum Gasteiger partial charge on any atom is 0.256 e. The van der Waals surface area contributed by atoms with Crippen LogP contribution in [-0.4, -0.2) is 50.3 Å². The highest BCUT2D eigenvalue weighted by molar-refractivity contribution is 5.99. The lowest BCUT2D eigenvalue weighted by Crippen LogP contribution is -2.31. The number of carbonyl (C=O) groups excluding carboxylic acids is 1. The molecule has 1 amide bonds. The quantitative estimate of drug-likeness (QED) is 0.625. The van der Waals surface area contributed by atoms with Crippen molar-refractivity contribution in [2.45, 2.75) is 12.2 Å². The van der Waals surface area contributed by atoms with Gasteiger partial charge >= 0.3 is 0 Å². The number of anilines is 1. The molecule has 1 fully saturated rings. The molecule has 6 nitrogen and oxygen atoms in total. The molecule has 3 N–H and O–H groups in total. The predicted octanol–water partition coefficient (Wildman–Crippen LogP) is 0.597. The summed E-state index contributed by atoms with van der Waals surface area (Å²) >= 11 is 0. The van der Waals surface area contributed by atoms with E-state index in [1.165, 1.54) is 18.2 Å². The Kier molecular flexibility index (Phi) is 4.53. The SMILES string of the molecule is COC1CN(C(=O)c2cccc(F)c2NN)CC1OC. The van der Waals surface area contributed by atoms with Crippen molar-refractivity contribution in [2.24, 2.45) is 5.84 Å². The van der Waals surface area contributed by atoms with Crippen LogP contribution in [0.4, 0.5) is 10.1 Å². The molecule has 0 spiro atoms. The zero-order valence-corrected chi connectivity index (χ0v) is 11.4. The summed E-state index contributed by atoms with van der Waals surface area (Å²) in [4.78, 5) is 14.0. The highest BCUT2D eigenvalue weighted by Gasteiger charge is 2.36. The molecule has 1 aromatic rings. The molecule has 2 atom stereocenters. The molecule has 20 heavy (non-hydrogen) atoms. The van der Waals surface area contributed by atoms with E-state index in [2.05, 4.69) is 5.43 Å². The first-order chi connectivity index (χ1) is 9.62. The van der Waals surface area contributed by atoms with E-state index in [9.17, 15) is 9.18 Å². The lowest BCUT2D eigenvalue weighted by Gasteiger charge is -2.18. The van der Waals surface area contributed by atoms with Gasteiger partial charge in [-0.05, 0) is 12.1 Å². The molecule has 0 aromatic heterocycles. The number of nitrogens with one attached hydrogen (secondary N) is 1. The third kappa shape index (κ3) is 2.60. The van der Waals surface area contributed by atoms with Gasteiger partial charge in [0.1, 0.15) is 18.0 Å². The van der Waals surface area contributed by atoms with Crippen molar-refractivity contribution >= 4 is 11.6 Å². The highest BCUT2D eigenvalue weighted by atomic mass is 19.1. The Labute approximate surface area is 116 Å². The molecule has 0 radical (unpaired) electrons. The summed E-state index contributed by atoms with van der Waals surface area (Å²) in [6.07, 6.45) is -0.376. The molecule has 1 aliphatic heterocycles. The first-order valence-electron chi connectivity index (χ1n) is 6.22. The van der Waals surface area contributed by atoms with Crippen molar-refractivity contribution in [3.05, 3.63) is 29.6 Å². The van der Waals surface area contributed by atoms with Gasteiger partial charge in [-0.25, -0.2) is 4.39 Å². The van der Waals surface area contributed by atoms with Crippen LogP contribution in [0.3, 0.4) is 0 Å². The third-order valence-electron chi connectivity index (χ3n) is 3.50. The number of likely N-dealkylation sites (tertiary alicyclic amines) is 1. The van der Waals surface area contributed by atoms with E-state index in [4.69, 9.17) is 15.3 Å². The normalized spacial score (nSPS) is 22.1. The Morgan fingerprint density at radius 1 is 1.35 bits per heavy atom. The van der Waals surface area contributed by atoms with E-state index in [-0.39, 0.29) is 29.4 Å². The van der Waals surface area contributed by atoms with Crippen molar-refractivity contribution in [3.8, 4) is 0 Å². The number of hydrogen-bond donors (Lipinski definition) is 2. The van der Waals surface area contributed by atoms with Crippen molar-refractivity contribution in [1.29, 1.82) is 0 Å². The van der Waals surface area contributed by atoms with Crippen LogP contribution in [0.5, 0.6) is 0 Å². The van der Waals surface area contributed by atoms with E-state index < -0.39 is 5.82 Å². The number of hydrazine groups is 1. The van der Waals surface area contributed by atoms with Gasteiger partial charge in [-0.3, -0.25) is 10.6 Å². The number of methoxy groups -OCH3 is 2. The van der Waals surface area contributed by atoms with Crippen LogP contribution < -0.4 is 11.3 Å². The number of nitrogens with zero attached hydrogens (tertiary/aromatic N) is 1.